The van der Waals surface area contributed by atoms with Crippen molar-refractivity contribution in [1.82, 2.24) is 9.97 Å². The minimum Gasteiger partial charge on any atom is -0.393 e. The summed E-state index contributed by atoms with van der Waals surface area (Å²) >= 11 is 0. The zero-order valence-corrected chi connectivity index (χ0v) is 11.1. The standard InChI is InChI=1S/C13H22N4O/c1-3-4-11-12(14)15-8-16-13(11)17-6-5-10(7-17)9(2)18/h8-10,18H,3-7H2,1-2H3,(H2,14,15,16). The van der Waals surface area contributed by atoms with Gasteiger partial charge in [-0.15, -0.1) is 0 Å². The van der Waals surface area contributed by atoms with Crippen molar-refractivity contribution in [1.29, 1.82) is 0 Å². The maximum Gasteiger partial charge on any atom is 0.137 e. The van der Waals surface area contributed by atoms with E-state index >= 15 is 0 Å². The fourth-order valence-electron chi connectivity index (χ4n) is 2.55. The Kier molecular flexibility index (Phi) is 4.01. The van der Waals surface area contributed by atoms with Crippen LogP contribution >= 0.6 is 0 Å². The molecule has 2 heterocycles. The molecule has 2 unspecified atom stereocenters. The summed E-state index contributed by atoms with van der Waals surface area (Å²) in [6.07, 6.45) is 4.20. The average Bonchev–Trinajstić information content (AvgIpc) is 2.81. The van der Waals surface area contributed by atoms with Crippen LogP contribution in [0.3, 0.4) is 0 Å². The summed E-state index contributed by atoms with van der Waals surface area (Å²) in [5, 5.41) is 9.66. The van der Waals surface area contributed by atoms with Crippen LogP contribution in [0.1, 0.15) is 32.3 Å². The number of nitrogens with zero attached hydrogens (tertiary/aromatic N) is 3. The third-order valence-corrected chi connectivity index (χ3v) is 3.66. The maximum absolute atomic E-state index is 9.66. The molecule has 5 heteroatoms. The van der Waals surface area contributed by atoms with Gasteiger partial charge in [-0.3, -0.25) is 0 Å². The molecule has 1 saturated heterocycles. The fourth-order valence-corrected chi connectivity index (χ4v) is 2.55. The van der Waals surface area contributed by atoms with Crippen LogP contribution in [0.5, 0.6) is 0 Å². The Labute approximate surface area is 108 Å². The van der Waals surface area contributed by atoms with Gasteiger partial charge in [0, 0.05) is 24.6 Å². The molecule has 3 N–H and O–H groups in total. The van der Waals surface area contributed by atoms with Crippen LogP contribution in [0, 0.1) is 5.92 Å². The highest BCUT2D eigenvalue weighted by atomic mass is 16.3. The van der Waals surface area contributed by atoms with E-state index in [0.29, 0.717) is 11.7 Å². The highest BCUT2D eigenvalue weighted by Gasteiger charge is 2.28. The second-order valence-corrected chi connectivity index (χ2v) is 5.05. The van der Waals surface area contributed by atoms with Crippen LogP contribution in [-0.2, 0) is 6.42 Å². The van der Waals surface area contributed by atoms with Crippen molar-refractivity contribution >= 4 is 11.6 Å². The number of hydrogen-bond acceptors (Lipinski definition) is 5. The SMILES string of the molecule is CCCc1c(N)ncnc1N1CCC(C(C)O)C1. The molecule has 1 fully saturated rings. The predicted molar refractivity (Wildman–Crippen MR) is 72.4 cm³/mol. The predicted octanol–water partition coefficient (Wildman–Crippen LogP) is 1.22. The normalized spacial score (nSPS) is 21.3. The molecule has 18 heavy (non-hydrogen) atoms. The van der Waals surface area contributed by atoms with Crippen molar-refractivity contribution in [2.75, 3.05) is 23.7 Å². The molecule has 5 nitrogen and oxygen atoms in total. The van der Waals surface area contributed by atoms with E-state index in [-0.39, 0.29) is 6.10 Å². The summed E-state index contributed by atoms with van der Waals surface area (Å²) in [5.74, 6) is 1.87. The minimum absolute atomic E-state index is 0.260. The summed E-state index contributed by atoms with van der Waals surface area (Å²) in [6, 6.07) is 0. The van der Waals surface area contributed by atoms with E-state index < -0.39 is 0 Å². The van der Waals surface area contributed by atoms with Crippen molar-refractivity contribution < 1.29 is 5.11 Å². The molecule has 1 aromatic rings. The van der Waals surface area contributed by atoms with Crippen LogP contribution in [0.25, 0.3) is 0 Å². The van der Waals surface area contributed by atoms with E-state index in [2.05, 4.69) is 21.8 Å². The summed E-state index contributed by atoms with van der Waals surface area (Å²) in [4.78, 5) is 10.7. The molecule has 0 bridgehead atoms. The molecular weight excluding hydrogens is 228 g/mol. The maximum atomic E-state index is 9.66. The van der Waals surface area contributed by atoms with Crippen LogP contribution in [0.4, 0.5) is 11.6 Å². The fraction of sp³-hybridized carbons (Fsp3) is 0.692. The second-order valence-electron chi connectivity index (χ2n) is 5.05. The zero-order chi connectivity index (χ0) is 13.1. The molecule has 1 aliphatic rings. The Bertz CT molecular complexity index is 408. The lowest BCUT2D eigenvalue weighted by Crippen LogP contribution is -2.26. The van der Waals surface area contributed by atoms with Gasteiger partial charge in [0.1, 0.15) is 18.0 Å². The lowest BCUT2D eigenvalue weighted by molar-refractivity contribution is 0.136. The van der Waals surface area contributed by atoms with E-state index in [1.54, 1.807) is 0 Å². The van der Waals surface area contributed by atoms with E-state index in [0.717, 1.165) is 43.7 Å². The monoisotopic (exact) mass is 250 g/mol. The van der Waals surface area contributed by atoms with Crippen molar-refractivity contribution in [2.24, 2.45) is 5.92 Å². The van der Waals surface area contributed by atoms with E-state index in [1.807, 2.05) is 6.92 Å². The molecular formula is C13H22N4O. The lowest BCUT2D eigenvalue weighted by Gasteiger charge is -2.21. The quantitative estimate of drug-likeness (QED) is 0.840. The van der Waals surface area contributed by atoms with Crippen LogP contribution < -0.4 is 10.6 Å². The minimum atomic E-state index is -0.260. The van der Waals surface area contributed by atoms with Crippen molar-refractivity contribution in [3.63, 3.8) is 0 Å². The number of aliphatic hydroxyl groups excluding tert-OH is 1. The number of aromatic nitrogens is 2. The number of nitrogens with two attached hydrogens (primary N) is 1. The van der Waals surface area contributed by atoms with Gasteiger partial charge in [-0.2, -0.15) is 0 Å². The van der Waals surface area contributed by atoms with Gasteiger partial charge in [0.15, 0.2) is 0 Å². The Morgan fingerprint density at radius 3 is 2.94 bits per heavy atom. The second kappa shape index (κ2) is 5.52. The molecule has 0 saturated carbocycles. The van der Waals surface area contributed by atoms with Crippen molar-refractivity contribution in [3.05, 3.63) is 11.9 Å². The van der Waals surface area contributed by atoms with Gasteiger partial charge in [0.05, 0.1) is 6.10 Å². The van der Waals surface area contributed by atoms with Crippen LogP contribution in [0.15, 0.2) is 6.33 Å². The Hall–Kier alpha value is -1.36. The number of anilines is 2. The molecule has 2 atom stereocenters. The zero-order valence-electron chi connectivity index (χ0n) is 11.1. The average molecular weight is 250 g/mol. The number of nitrogen functional groups attached to an aromatic ring is 1. The van der Waals surface area contributed by atoms with Gasteiger partial charge in [-0.05, 0) is 19.8 Å². The Morgan fingerprint density at radius 2 is 2.33 bits per heavy atom. The van der Waals surface area contributed by atoms with Crippen molar-refractivity contribution in [3.8, 4) is 0 Å². The smallest absolute Gasteiger partial charge is 0.137 e. The third-order valence-electron chi connectivity index (χ3n) is 3.66. The largest absolute Gasteiger partial charge is 0.393 e. The first kappa shape index (κ1) is 13.1. The van der Waals surface area contributed by atoms with Crippen LogP contribution in [-0.4, -0.2) is 34.3 Å². The van der Waals surface area contributed by atoms with Crippen molar-refractivity contribution in [2.45, 2.75) is 39.2 Å². The molecule has 1 aromatic heterocycles. The number of rotatable bonds is 4. The summed E-state index contributed by atoms with van der Waals surface area (Å²) < 4.78 is 0. The molecule has 0 aliphatic carbocycles. The van der Waals surface area contributed by atoms with Gasteiger partial charge in [0.25, 0.3) is 0 Å². The lowest BCUT2D eigenvalue weighted by atomic mass is 10.0. The molecule has 0 spiro atoms. The third kappa shape index (κ3) is 2.56. The first-order chi connectivity index (χ1) is 8.63. The topological polar surface area (TPSA) is 75.3 Å². The Balaban J connectivity index is 2.21. The summed E-state index contributed by atoms with van der Waals surface area (Å²) in [6.45, 7) is 5.77. The first-order valence-electron chi connectivity index (χ1n) is 6.65. The highest BCUT2D eigenvalue weighted by molar-refractivity contribution is 5.57. The van der Waals surface area contributed by atoms with Gasteiger partial charge in [-0.25, -0.2) is 9.97 Å². The van der Waals surface area contributed by atoms with Gasteiger partial charge in [0.2, 0.25) is 0 Å². The number of hydrogen-bond donors (Lipinski definition) is 2. The molecule has 0 aromatic carbocycles. The summed E-state index contributed by atoms with van der Waals surface area (Å²) in [7, 11) is 0. The van der Waals surface area contributed by atoms with E-state index in [4.69, 9.17) is 5.73 Å². The molecule has 1 aliphatic heterocycles. The van der Waals surface area contributed by atoms with Crippen LogP contribution in [0.2, 0.25) is 0 Å². The summed E-state index contributed by atoms with van der Waals surface area (Å²) in [5.41, 5.74) is 6.99. The number of aliphatic hydroxyl groups is 1. The Morgan fingerprint density at radius 1 is 1.56 bits per heavy atom. The molecule has 0 amide bonds. The van der Waals surface area contributed by atoms with Gasteiger partial charge < -0.3 is 15.7 Å². The first-order valence-corrected chi connectivity index (χ1v) is 6.65. The van der Waals surface area contributed by atoms with Gasteiger partial charge in [-0.1, -0.05) is 13.3 Å². The molecule has 0 radical (unpaired) electrons. The highest BCUT2D eigenvalue weighted by Crippen LogP contribution is 2.29. The van der Waals surface area contributed by atoms with E-state index in [9.17, 15) is 5.11 Å². The van der Waals surface area contributed by atoms with Gasteiger partial charge >= 0.3 is 0 Å². The molecule has 2 rings (SSSR count). The molecule has 100 valence electrons. The van der Waals surface area contributed by atoms with E-state index in [1.165, 1.54) is 6.33 Å².